The molecule has 0 aromatic heterocycles. The highest BCUT2D eigenvalue weighted by molar-refractivity contribution is 5.41. The lowest BCUT2D eigenvalue weighted by Crippen LogP contribution is -2.35. The van der Waals surface area contributed by atoms with E-state index in [4.69, 9.17) is 18.9 Å². The highest BCUT2D eigenvalue weighted by Gasteiger charge is 2.37. The largest absolute Gasteiger partial charge is 0.428 e. The van der Waals surface area contributed by atoms with Gasteiger partial charge in [-0.2, -0.15) is 0 Å². The van der Waals surface area contributed by atoms with Crippen molar-refractivity contribution in [2.24, 2.45) is 0 Å². The number of hydrogen-bond donors (Lipinski definition) is 1. The van der Waals surface area contributed by atoms with Crippen molar-refractivity contribution in [3.63, 3.8) is 0 Å². The Bertz CT molecular complexity index is 397. The summed E-state index contributed by atoms with van der Waals surface area (Å²) in [6.45, 7) is 1.14. The molecule has 1 N–H and O–H groups in total. The molecule has 1 saturated heterocycles. The molecule has 0 saturated carbocycles. The van der Waals surface area contributed by atoms with E-state index < -0.39 is 6.48 Å². The normalized spacial score (nSPS) is 30.9. The average molecular weight is 252 g/mol. The molecule has 2 aliphatic rings. The van der Waals surface area contributed by atoms with Gasteiger partial charge < -0.3 is 24.1 Å². The summed E-state index contributed by atoms with van der Waals surface area (Å²) in [5.41, 5.74) is 0. The zero-order valence-corrected chi connectivity index (χ0v) is 10.1. The minimum atomic E-state index is -0.754. The van der Waals surface area contributed by atoms with Crippen LogP contribution in [0.15, 0.2) is 24.3 Å². The molecule has 5 heteroatoms. The fraction of sp³-hybridized carbons (Fsp3) is 0.538. The van der Waals surface area contributed by atoms with E-state index in [-0.39, 0.29) is 24.9 Å². The Balaban J connectivity index is 1.62. The van der Waals surface area contributed by atoms with Gasteiger partial charge in [0.1, 0.15) is 6.10 Å². The van der Waals surface area contributed by atoms with Crippen LogP contribution in [-0.2, 0) is 9.47 Å². The van der Waals surface area contributed by atoms with Gasteiger partial charge in [0.25, 0.3) is 0 Å². The summed E-state index contributed by atoms with van der Waals surface area (Å²) in [6.07, 6.45) is 0.293. The predicted molar refractivity (Wildman–Crippen MR) is 62.4 cm³/mol. The Kier molecular flexibility index (Phi) is 3.11. The molecule has 3 rings (SSSR count). The van der Waals surface area contributed by atoms with Crippen molar-refractivity contribution < 1.29 is 24.1 Å². The summed E-state index contributed by atoms with van der Waals surface area (Å²) in [6, 6.07) is 7.41. The lowest BCUT2D eigenvalue weighted by atomic mass is 10.1. The van der Waals surface area contributed by atoms with Crippen molar-refractivity contribution in [1.82, 2.24) is 0 Å². The molecule has 2 aliphatic heterocycles. The van der Waals surface area contributed by atoms with E-state index in [1.165, 1.54) is 0 Å². The topological polar surface area (TPSA) is 57.2 Å². The second-order valence-electron chi connectivity index (χ2n) is 4.55. The van der Waals surface area contributed by atoms with Crippen LogP contribution in [0.5, 0.6) is 11.5 Å². The molecule has 0 aliphatic carbocycles. The highest BCUT2D eigenvalue weighted by Crippen LogP contribution is 2.35. The fourth-order valence-electron chi connectivity index (χ4n) is 2.30. The molecule has 3 atom stereocenters. The zero-order chi connectivity index (χ0) is 12.5. The van der Waals surface area contributed by atoms with Crippen LogP contribution in [0.2, 0.25) is 0 Å². The molecule has 0 radical (unpaired) electrons. The molecule has 1 fully saturated rings. The number of ether oxygens (including phenoxy) is 4. The van der Waals surface area contributed by atoms with E-state index in [0.29, 0.717) is 11.5 Å². The molecular formula is C13H16O5. The second kappa shape index (κ2) is 4.76. The van der Waals surface area contributed by atoms with Gasteiger partial charge in [0.2, 0.25) is 0 Å². The summed E-state index contributed by atoms with van der Waals surface area (Å²) in [5.74, 6) is 1.35. The van der Waals surface area contributed by atoms with Gasteiger partial charge in [-0.3, -0.25) is 0 Å². The Morgan fingerprint density at radius 3 is 2.56 bits per heavy atom. The van der Waals surface area contributed by atoms with Crippen LogP contribution in [-0.4, -0.2) is 36.5 Å². The lowest BCUT2D eigenvalue weighted by Gasteiger charge is -2.19. The molecule has 18 heavy (non-hydrogen) atoms. The Labute approximate surface area is 105 Å². The number of rotatable bonds is 3. The third-order valence-corrected chi connectivity index (χ3v) is 3.15. The van der Waals surface area contributed by atoms with E-state index >= 15 is 0 Å². The van der Waals surface area contributed by atoms with Gasteiger partial charge in [-0.15, -0.1) is 0 Å². The number of aliphatic hydroxyl groups is 1. The first-order chi connectivity index (χ1) is 8.76. The summed E-state index contributed by atoms with van der Waals surface area (Å²) in [5, 5.41) is 9.22. The van der Waals surface area contributed by atoms with Crippen LogP contribution < -0.4 is 9.47 Å². The molecule has 2 heterocycles. The van der Waals surface area contributed by atoms with E-state index in [9.17, 15) is 5.11 Å². The van der Waals surface area contributed by atoms with Gasteiger partial charge in [0.05, 0.1) is 18.8 Å². The maximum absolute atomic E-state index is 9.22. The summed E-state index contributed by atoms with van der Waals surface area (Å²) >= 11 is 0. The van der Waals surface area contributed by atoms with Crippen LogP contribution in [0, 0.1) is 0 Å². The summed E-state index contributed by atoms with van der Waals surface area (Å²) in [7, 11) is 0. The Morgan fingerprint density at radius 1 is 1.28 bits per heavy atom. The molecule has 1 unspecified atom stereocenters. The average Bonchev–Trinajstić information content (AvgIpc) is 2.92. The Morgan fingerprint density at radius 2 is 1.94 bits per heavy atom. The van der Waals surface area contributed by atoms with Gasteiger partial charge in [-0.1, -0.05) is 12.1 Å². The fourth-order valence-corrected chi connectivity index (χ4v) is 2.30. The molecular weight excluding hydrogens is 236 g/mol. The number of benzene rings is 1. The lowest BCUT2D eigenvalue weighted by molar-refractivity contribution is -0.214. The van der Waals surface area contributed by atoms with Crippen LogP contribution in [0.4, 0.5) is 0 Å². The quantitative estimate of drug-likeness (QED) is 0.878. The second-order valence-corrected chi connectivity index (χ2v) is 4.55. The van der Waals surface area contributed by atoms with Crippen LogP contribution >= 0.6 is 0 Å². The van der Waals surface area contributed by atoms with Crippen molar-refractivity contribution in [3.8, 4) is 11.5 Å². The van der Waals surface area contributed by atoms with Crippen molar-refractivity contribution in [2.45, 2.75) is 38.1 Å². The van der Waals surface area contributed by atoms with Crippen molar-refractivity contribution in [1.29, 1.82) is 0 Å². The molecule has 98 valence electrons. The van der Waals surface area contributed by atoms with Gasteiger partial charge in [0.15, 0.2) is 11.5 Å². The number of fused-ring (bicyclic) bond motifs is 1. The first-order valence-corrected chi connectivity index (χ1v) is 6.10. The highest BCUT2D eigenvalue weighted by atomic mass is 16.9. The standard InChI is InChI=1S/C13H16O5/c1-8-6-11(12(7-14)15-8)18-13-16-9-4-2-3-5-10(9)17-13/h2-5,8,11-14H,6-7H2,1H3/t8-,11?,12+/m0/s1. The summed E-state index contributed by atoms with van der Waals surface area (Å²) in [4.78, 5) is 0. The molecule has 5 nitrogen and oxygen atoms in total. The van der Waals surface area contributed by atoms with E-state index in [2.05, 4.69) is 0 Å². The van der Waals surface area contributed by atoms with Crippen LogP contribution in [0.25, 0.3) is 0 Å². The van der Waals surface area contributed by atoms with Gasteiger partial charge >= 0.3 is 6.48 Å². The van der Waals surface area contributed by atoms with Crippen molar-refractivity contribution in [2.75, 3.05) is 6.61 Å². The van der Waals surface area contributed by atoms with Gasteiger partial charge in [-0.05, 0) is 19.1 Å². The third-order valence-electron chi connectivity index (χ3n) is 3.15. The molecule has 0 bridgehead atoms. The molecule has 1 aromatic rings. The Hall–Kier alpha value is -1.30. The van der Waals surface area contributed by atoms with Gasteiger partial charge in [-0.25, -0.2) is 0 Å². The smallest absolute Gasteiger partial charge is 0.361 e. The van der Waals surface area contributed by atoms with E-state index in [1.807, 2.05) is 31.2 Å². The third kappa shape index (κ3) is 2.16. The van der Waals surface area contributed by atoms with Crippen molar-refractivity contribution >= 4 is 0 Å². The minimum Gasteiger partial charge on any atom is -0.428 e. The molecule has 1 aromatic carbocycles. The van der Waals surface area contributed by atoms with E-state index in [0.717, 1.165) is 6.42 Å². The number of para-hydroxylation sites is 2. The number of aliphatic hydroxyl groups excluding tert-OH is 1. The molecule has 0 spiro atoms. The minimum absolute atomic E-state index is 0.0608. The van der Waals surface area contributed by atoms with Crippen molar-refractivity contribution in [3.05, 3.63) is 24.3 Å². The van der Waals surface area contributed by atoms with E-state index in [1.54, 1.807) is 0 Å². The molecule has 0 amide bonds. The number of hydrogen-bond acceptors (Lipinski definition) is 5. The maximum atomic E-state index is 9.22. The van der Waals surface area contributed by atoms with Crippen LogP contribution in [0.3, 0.4) is 0 Å². The van der Waals surface area contributed by atoms with Gasteiger partial charge in [0, 0.05) is 6.42 Å². The summed E-state index contributed by atoms with van der Waals surface area (Å²) < 4.78 is 22.3. The first-order valence-electron chi connectivity index (χ1n) is 6.10. The van der Waals surface area contributed by atoms with Crippen LogP contribution in [0.1, 0.15) is 13.3 Å². The maximum Gasteiger partial charge on any atom is 0.361 e. The predicted octanol–water partition coefficient (Wildman–Crippen LogP) is 1.30. The SMILES string of the molecule is C[C@H]1CC(OC2Oc3ccccc3O2)[C@@H](CO)O1. The zero-order valence-electron chi connectivity index (χ0n) is 10.1. The monoisotopic (exact) mass is 252 g/mol. The first kappa shape index (κ1) is 11.8.